The lowest BCUT2D eigenvalue weighted by atomic mass is 10.2. The van der Waals surface area contributed by atoms with Crippen molar-refractivity contribution in [2.45, 2.75) is 6.61 Å². The number of fused-ring (bicyclic) bond motifs is 3. The van der Waals surface area contributed by atoms with Gasteiger partial charge in [0.2, 0.25) is 0 Å². The van der Waals surface area contributed by atoms with Gasteiger partial charge in [-0.2, -0.15) is 0 Å². The Morgan fingerprint density at radius 1 is 1.25 bits per heavy atom. The molecule has 0 aliphatic heterocycles. The molecule has 0 radical (unpaired) electrons. The van der Waals surface area contributed by atoms with Gasteiger partial charge in [0.25, 0.3) is 0 Å². The fourth-order valence-electron chi connectivity index (χ4n) is 1.70. The van der Waals surface area contributed by atoms with Crippen molar-refractivity contribution in [3.05, 3.63) is 35.5 Å². The third-order valence-corrected chi connectivity index (χ3v) is 3.62. The van der Waals surface area contributed by atoms with Gasteiger partial charge < -0.3 is 4.52 Å². The number of pyridine rings is 1. The van der Waals surface area contributed by atoms with Crippen LogP contribution in [-0.2, 0) is 11.1 Å². The third-order valence-electron chi connectivity index (χ3n) is 2.38. The lowest BCUT2D eigenvalue weighted by Gasteiger charge is -1.95. The van der Waals surface area contributed by atoms with Crippen molar-refractivity contribution in [3.8, 4) is 0 Å². The number of para-hydroxylation sites is 1. The van der Waals surface area contributed by atoms with Crippen LogP contribution in [0, 0.1) is 0 Å². The maximum Gasteiger partial charge on any atom is 0.120 e. The molecule has 16 heavy (non-hydrogen) atoms. The first kappa shape index (κ1) is 10.1. The standard InChI is InChI=1S/C11H9N2OPS/c15-14-6-10-13-9-5-12-8-4-2-1-3-7(8)11(9)16-10/h1-5H,6,15H2. The Bertz CT molecular complexity index is 653. The molecular weight excluding hydrogens is 239 g/mol. The summed E-state index contributed by atoms with van der Waals surface area (Å²) in [6.07, 6.45) is 1.82. The molecule has 0 aliphatic rings. The van der Waals surface area contributed by atoms with E-state index in [-0.39, 0.29) is 0 Å². The van der Waals surface area contributed by atoms with Crippen molar-refractivity contribution in [2.24, 2.45) is 0 Å². The van der Waals surface area contributed by atoms with Crippen molar-refractivity contribution < 1.29 is 4.52 Å². The Hall–Kier alpha value is -1.09. The number of benzene rings is 1. The Morgan fingerprint density at radius 2 is 2.12 bits per heavy atom. The van der Waals surface area contributed by atoms with Crippen LogP contribution in [0.3, 0.4) is 0 Å². The number of aromatic nitrogens is 2. The number of hydrogen-bond acceptors (Lipinski definition) is 4. The minimum absolute atomic E-state index is 0.526. The van der Waals surface area contributed by atoms with Crippen molar-refractivity contribution >= 4 is 41.9 Å². The zero-order valence-electron chi connectivity index (χ0n) is 8.38. The van der Waals surface area contributed by atoms with E-state index in [4.69, 9.17) is 4.52 Å². The topological polar surface area (TPSA) is 35.0 Å². The predicted octanol–water partition coefficient (Wildman–Crippen LogP) is 3.15. The van der Waals surface area contributed by atoms with Crippen LogP contribution in [0.25, 0.3) is 21.1 Å². The lowest BCUT2D eigenvalue weighted by Crippen LogP contribution is -1.80. The molecule has 0 amide bonds. The average molecular weight is 248 g/mol. The zero-order valence-corrected chi connectivity index (χ0v) is 10.4. The fraction of sp³-hybridized carbons (Fsp3) is 0.0909. The molecule has 0 spiro atoms. The lowest BCUT2D eigenvalue weighted by molar-refractivity contribution is 0.361. The molecule has 1 atom stereocenters. The van der Waals surface area contributed by atoms with Crippen molar-refractivity contribution in [3.63, 3.8) is 0 Å². The summed E-state index contributed by atoms with van der Waals surface area (Å²) in [4.78, 5) is 8.85. The molecule has 3 aromatic rings. The first-order chi connectivity index (χ1) is 7.88. The van der Waals surface area contributed by atoms with Crippen LogP contribution >= 0.6 is 20.8 Å². The molecule has 0 saturated carbocycles. The monoisotopic (exact) mass is 248 g/mol. The summed E-state index contributed by atoms with van der Waals surface area (Å²) in [5.41, 5.74) is 1.96. The first-order valence-corrected chi connectivity index (χ1v) is 6.12. The molecule has 0 fully saturated rings. The molecule has 1 unspecified atom stereocenters. The quantitative estimate of drug-likeness (QED) is 0.653. The van der Waals surface area contributed by atoms with E-state index in [0.717, 1.165) is 21.4 Å². The summed E-state index contributed by atoms with van der Waals surface area (Å²) in [5.74, 6) is 0. The molecule has 3 rings (SSSR count). The van der Waals surface area contributed by atoms with Crippen LogP contribution in [0.4, 0.5) is 0 Å². The smallest absolute Gasteiger partial charge is 0.120 e. The second kappa shape index (κ2) is 4.06. The van der Waals surface area contributed by atoms with E-state index in [0.29, 0.717) is 6.61 Å². The SMILES string of the molecule is POCc1nc2cnc3ccccc3c2s1. The van der Waals surface area contributed by atoms with E-state index in [1.165, 1.54) is 4.70 Å². The molecular formula is C11H9N2OPS. The highest BCUT2D eigenvalue weighted by molar-refractivity contribution is 7.19. The number of nitrogens with zero attached hydrogens (tertiary/aromatic N) is 2. The molecule has 0 aliphatic carbocycles. The summed E-state index contributed by atoms with van der Waals surface area (Å²) >= 11 is 1.66. The van der Waals surface area contributed by atoms with Gasteiger partial charge in [-0.25, -0.2) is 4.98 Å². The Kier molecular flexibility index (Phi) is 2.56. The summed E-state index contributed by atoms with van der Waals surface area (Å²) in [7, 11) is 2.24. The van der Waals surface area contributed by atoms with Gasteiger partial charge in [-0.05, 0) is 6.07 Å². The predicted molar refractivity (Wildman–Crippen MR) is 69.4 cm³/mol. The highest BCUT2D eigenvalue weighted by Crippen LogP contribution is 2.29. The first-order valence-electron chi connectivity index (χ1n) is 4.83. The Morgan fingerprint density at radius 3 is 3.00 bits per heavy atom. The van der Waals surface area contributed by atoms with E-state index in [9.17, 15) is 0 Å². The van der Waals surface area contributed by atoms with Crippen LogP contribution < -0.4 is 0 Å². The molecule has 1 aromatic carbocycles. The van der Waals surface area contributed by atoms with Gasteiger partial charge in [0, 0.05) is 14.9 Å². The Labute approximate surface area is 98.8 Å². The van der Waals surface area contributed by atoms with Crippen molar-refractivity contribution in [1.29, 1.82) is 0 Å². The molecule has 0 bridgehead atoms. The van der Waals surface area contributed by atoms with E-state index in [1.54, 1.807) is 11.3 Å². The minimum Gasteiger partial charge on any atom is -0.359 e. The van der Waals surface area contributed by atoms with Gasteiger partial charge in [0.1, 0.15) is 17.1 Å². The minimum atomic E-state index is 0.526. The van der Waals surface area contributed by atoms with E-state index < -0.39 is 0 Å². The van der Waals surface area contributed by atoms with Crippen LogP contribution in [0.15, 0.2) is 30.5 Å². The van der Waals surface area contributed by atoms with Gasteiger partial charge in [-0.15, -0.1) is 11.3 Å². The second-order valence-electron chi connectivity index (χ2n) is 3.41. The fourth-order valence-corrected chi connectivity index (χ4v) is 2.97. The largest absolute Gasteiger partial charge is 0.359 e. The van der Waals surface area contributed by atoms with Gasteiger partial charge in [0.05, 0.1) is 16.4 Å². The van der Waals surface area contributed by atoms with E-state index in [1.807, 2.05) is 24.4 Å². The highest BCUT2D eigenvalue weighted by Gasteiger charge is 2.07. The van der Waals surface area contributed by atoms with Gasteiger partial charge in [0.15, 0.2) is 0 Å². The number of hydrogen-bond donors (Lipinski definition) is 0. The van der Waals surface area contributed by atoms with Crippen LogP contribution in [0.5, 0.6) is 0 Å². The second-order valence-corrected chi connectivity index (χ2v) is 4.83. The van der Waals surface area contributed by atoms with Crippen LogP contribution in [0.2, 0.25) is 0 Å². The number of rotatable bonds is 2. The normalized spacial score (nSPS) is 11.3. The molecule has 2 heterocycles. The van der Waals surface area contributed by atoms with Crippen LogP contribution in [-0.4, -0.2) is 9.97 Å². The van der Waals surface area contributed by atoms with E-state index in [2.05, 4.69) is 25.5 Å². The summed E-state index contributed by atoms with van der Waals surface area (Å²) < 4.78 is 6.20. The van der Waals surface area contributed by atoms with Gasteiger partial charge in [-0.1, -0.05) is 18.2 Å². The molecule has 3 nitrogen and oxygen atoms in total. The maximum absolute atomic E-state index is 5.01. The van der Waals surface area contributed by atoms with Crippen LogP contribution in [0.1, 0.15) is 5.01 Å². The zero-order chi connectivity index (χ0) is 11.0. The Balaban J connectivity index is 2.32. The summed E-state index contributed by atoms with van der Waals surface area (Å²) in [6, 6.07) is 8.11. The maximum atomic E-state index is 5.01. The average Bonchev–Trinajstić information content (AvgIpc) is 2.72. The molecule has 80 valence electrons. The van der Waals surface area contributed by atoms with Gasteiger partial charge >= 0.3 is 0 Å². The van der Waals surface area contributed by atoms with Crippen molar-refractivity contribution in [2.75, 3.05) is 0 Å². The number of thiazole rings is 1. The molecule has 2 aromatic heterocycles. The molecule has 5 heteroatoms. The van der Waals surface area contributed by atoms with Gasteiger partial charge in [-0.3, -0.25) is 4.98 Å². The summed E-state index contributed by atoms with van der Waals surface area (Å²) in [6.45, 7) is 0.526. The van der Waals surface area contributed by atoms with Crippen molar-refractivity contribution in [1.82, 2.24) is 9.97 Å². The van der Waals surface area contributed by atoms with E-state index >= 15 is 0 Å². The third kappa shape index (κ3) is 1.59. The highest BCUT2D eigenvalue weighted by atomic mass is 32.1. The summed E-state index contributed by atoms with van der Waals surface area (Å²) in [5, 5.41) is 2.13. The molecule has 0 N–H and O–H groups in total. The molecule has 0 saturated heterocycles.